The molecule has 0 spiro atoms. The van der Waals surface area contributed by atoms with E-state index in [1.807, 2.05) is 0 Å². The second kappa shape index (κ2) is 4.03. The third-order valence-electron chi connectivity index (χ3n) is 1.70. The maximum absolute atomic E-state index is 11.2. The molecular weight excluding hydrogens is 213 g/mol. The van der Waals surface area contributed by atoms with Crippen molar-refractivity contribution in [1.29, 1.82) is 0 Å². The molecule has 0 amide bonds. The number of hydrogen-bond acceptors (Lipinski definition) is 3. The van der Waals surface area contributed by atoms with Gasteiger partial charge in [0.15, 0.2) is 0 Å². The van der Waals surface area contributed by atoms with Crippen LogP contribution < -0.4 is 5.73 Å². The van der Waals surface area contributed by atoms with Crippen molar-refractivity contribution in [2.45, 2.75) is 11.8 Å². The monoisotopic (exact) mass is 221 g/mol. The molecule has 0 radical (unpaired) electrons. The summed E-state index contributed by atoms with van der Waals surface area (Å²) in [5.41, 5.74) is 6.37. The highest BCUT2D eigenvalue weighted by molar-refractivity contribution is 6.36. The van der Waals surface area contributed by atoms with Crippen LogP contribution in [0.3, 0.4) is 0 Å². The van der Waals surface area contributed by atoms with Gasteiger partial charge in [-0.05, 0) is 6.08 Å². The zero-order chi connectivity index (χ0) is 10.0. The summed E-state index contributed by atoms with van der Waals surface area (Å²) in [5.74, 6) is -0.506. The first-order valence-electron chi connectivity index (χ1n) is 3.64. The minimum atomic E-state index is -0.506. The average molecular weight is 222 g/mol. The van der Waals surface area contributed by atoms with Crippen molar-refractivity contribution < 1.29 is 9.53 Å². The van der Waals surface area contributed by atoms with Gasteiger partial charge in [-0.3, -0.25) is 0 Å². The van der Waals surface area contributed by atoms with E-state index in [0.29, 0.717) is 12.1 Å². The summed E-state index contributed by atoms with van der Waals surface area (Å²) in [4.78, 5) is 11.2. The van der Waals surface area contributed by atoms with Gasteiger partial charge in [-0.25, -0.2) is 4.79 Å². The van der Waals surface area contributed by atoms with Crippen molar-refractivity contribution in [2.24, 2.45) is 5.73 Å². The lowest BCUT2D eigenvalue weighted by Crippen LogP contribution is -2.21. The molecule has 0 aliphatic heterocycles. The van der Waals surface area contributed by atoms with Gasteiger partial charge in [0.2, 0.25) is 0 Å². The molecule has 1 atom stereocenters. The molecule has 0 aromatic rings. The maximum Gasteiger partial charge on any atom is 0.336 e. The summed E-state index contributed by atoms with van der Waals surface area (Å²) >= 11 is 11.7. The molecule has 0 aromatic carbocycles. The van der Waals surface area contributed by atoms with Gasteiger partial charge in [0, 0.05) is 12.1 Å². The van der Waals surface area contributed by atoms with E-state index in [4.69, 9.17) is 28.9 Å². The number of halogens is 2. The number of nitrogens with two attached hydrogens (primary N) is 1. The van der Waals surface area contributed by atoms with Crippen LogP contribution in [-0.2, 0) is 9.53 Å². The summed E-state index contributed by atoms with van der Waals surface area (Å²) in [6.45, 7) is 0. The molecule has 0 heterocycles. The Kier molecular flexibility index (Phi) is 3.22. The average Bonchev–Trinajstić information content (AvgIpc) is 2.02. The Morgan fingerprint density at radius 1 is 1.77 bits per heavy atom. The van der Waals surface area contributed by atoms with Gasteiger partial charge in [-0.15, -0.1) is 11.6 Å². The van der Waals surface area contributed by atoms with Crippen LogP contribution in [0.1, 0.15) is 6.42 Å². The van der Waals surface area contributed by atoms with Crippen LogP contribution in [0.5, 0.6) is 0 Å². The van der Waals surface area contributed by atoms with Gasteiger partial charge in [-0.2, -0.15) is 0 Å². The minimum Gasteiger partial charge on any atom is -0.466 e. The van der Waals surface area contributed by atoms with E-state index in [9.17, 15) is 4.79 Å². The van der Waals surface area contributed by atoms with E-state index in [0.717, 1.165) is 0 Å². The number of methoxy groups -OCH3 is 1. The number of alkyl halides is 1. The molecule has 0 aromatic heterocycles. The fourth-order valence-electron chi connectivity index (χ4n) is 1.09. The number of carbonyl (C=O) groups excluding carboxylic acids is 1. The number of carbonyl (C=O) groups is 1. The van der Waals surface area contributed by atoms with Crippen LogP contribution in [0.15, 0.2) is 22.4 Å². The van der Waals surface area contributed by atoms with E-state index in [1.54, 1.807) is 0 Å². The van der Waals surface area contributed by atoms with Gasteiger partial charge in [0.1, 0.15) is 0 Å². The van der Waals surface area contributed by atoms with E-state index in [2.05, 4.69) is 4.74 Å². The van der Waals surface area contributed by atoms with Gasteiger partial charge >= 0.3 is 5.97 Å². The Morgan fingerprint density at radius 3 is 2.85 bits per heavy atom. The first kappa shape index (κ1) is 10.4. The molecule has 0 saturated carbocycles. The Hall–Kier alpha value is -0.670. The highest BCUT2D eigenvalue weighted by Gasteiger charge is 2.26. The molecule has 0 bridgehead atoms. The van der Waals surface area contributed by atoms with Crippen LogP contribution in [0.2, 0.25) is 0 Å². The van der Waals surface area contributed by atoms with E-state index < -0.39 is 11.3 Å². The Morgan fingerprint density at radius 2 is 2.38 bits per heavy atom. The second-order valence-corrected chi connectivity index (χ2v) is 3.58. The lowest BCUT2D eigenvalue weighted by Gasteiger charge is -2.17. The normalized spacial score (nSPS) is 22.7. The zero-order valence-corrected chi connectivity index (χ0v) is 8.52. The van der Waals surface area contributed by atoms with E-state index in [1.165, 1.54) is 13.2 Å². The smallest absolute Gasteiger partial charge is 0.336 e. The molecule has 1 unspecified atom stereocenters. The van der Waals surface area contributed by atoms with Gasteiger partial charge in [-0.1, -0.05) is 11.6 Å². The number of esters is 1. The summed E-state index contributed by atoms with van der Waals surface area (Å²) in [5, 5.41) is -0.236. The molecule has 0 saturated heterocycles. The summed E-state index contributed by atoms with van der Waals surface area (Å²) < 4.78 is 4.53. The van der Waals surface area contributed by atoms with Crippen LogP contribution in [0.25, 0.3) is 0 Å². The highest BCUT2D eigenvalue weighted by atomic mass is 35.5. The van der Waals surface area contributed by atoms with Crippen LogP contribution in [0.4, 0.5) is 0 Å². The van der Waals surface area contributed by atoms with Crippen molar-refractivity contribution in [1.82, 2.24) is 0 Å². The van der Waals surface area contributed by atoms with Crippen molar-refractivity contribution in [3.8, 4) is 0 Å². The molecule has 1 aliphatic rings. The molecule has 3 nitrogen and oxygen atoms in total. The number of ether oxygens (including phenoxy) is 1. The standard InChI is InChI=1S/C8H9Cl2NO2/c1-13-8(12)7-5(9)2-4(11)3-6(7)10/h2,6H,3,11H2,1H3. The molecule has 13 heavy (non-hydrogen) atoms. The number of hydrogen-bond donors (Lipinski definition) is 1. The van der Waals surface area contributed by atoms with Crippen molar-refractivity contribution in [2.75, 3.05) is 7.11 Å². The lowest BCUT2D eigenvalue weighted by molar-refractivity contribution is -0.136. The van der Waals surface area contributed by atoms with Crippen LogP contribution in [0, 0.1) is 0 Å². The molecule has 1 aliphatic carbocycles. The molecule has 5 heteroatoms. The minimum absolute atomic E-state index is 0.260. The third-order valence-corrected chi connectivity index (χ3v) is 2.39. The Labute approximate surface area is 86.1 Å². The van der Waals surface area contributed by atoms with Crippen molar-refractivity contribution >= 4 is 29.2 Å². The Bertz CT molecular complexity index is 297. The van der Waals surface area contributed by atoms with Crippen LogP contribution >= 0.6 is 23.2 Å². The highest BCUT2D eigenvalue weighted by Crippen LogP contribution is 2.29. The molecular formula is C8H9Cl2NO2. The lowest BCUT2D eigenvalue weighted by atomic mass is 10.0. The largest absolute Gasteiger partial charge is 0.466 e. The second-order valence-electron chi connectivity index (χ2n) is 2.64. The fourth-order valence-corrected chi connectivity index (χ4v) is 1.88. The van der Waals surface area contributed by atoms with Crippen molar-refractivity contribution in [3.63, 3.8) is 0 Å². The number of rotatable bonds is 1. The SMILES string of the molecule is COC(=O)C1=C(Cl)C=C(N)CC1Cl. The predicted octanol–water partition coefficient (Wildman–Crippen LogP) is 1.51. The van der Waals surface area contributed by atoms with E-state index >= 15 is 0 Å². The predicted molar refractivity (Wildman–Crippen MR) is 51.4 cm³/mol. The summed E-state index contributed by atoms with van der Waals surface area (Å²) in [6.07, 6.45) is 1.94. The van der Waals surface area contributed by atoms with Gasteiger partial charge in [0.05, 0.1) is 23.1 Å². The Balaban J connectivity index is 3.03. The third kappa shape index (κ3) is 2.17. The topological polar surface area (TPSA) is 52.3 Å². The zero-order valence-electron chi connectivity index (χ0n) is 7.01. The summed E-state index contributed by atoms with van der Waals surface area (Å²) in [7, 11) is 1.28. The first-order chi connectivity index (χ1) is 6.06. The quantitative estimate of drug-likeness (QED) is 0.540. The molecule has 1 rings (SSSR count). The number of allylic oxidation sites excluding steroid dienone is 3. The maximum atomic E-state index is 11.2. The summed E-state index contributed by atoms with van der Waals surface area (Å²) in [6, 6.07) is 0. The van der Waals surface area contributed by atoms with Gasteiger partial charge < -0.3 is 10.5 Å². The fraction of sp³-hybridized carbons (Fsp3) is 0.375. The van der Waals surface area contributed by atoms with Gasteiger partial charge in [0.25, 0.3) is 0 Å². The first-order valence-corrected chi connectivity index (χ1v) is 4.45. The van der Waals surface area contributed by atoms with Crippen LogP contribution in [-0.4, -0.2) is 18.5 Å². The molecule has 0 fully saturated rings. The van der Waals surface area contributed by atoms with Crippen molar-refractivity contribution in [3.05, 3.63) is 22.4 Å². The van der Waals surface area contributed by atoms with E-state index in [-0.39, 0.29) is 10.6 Å². The molecule has 72 valence electrons. The molecule has 2 N–H and O–H groups in total.